The molecule has 3 atom stereocenters. The van der Waals surface area contributed by atoms with Crippen LogP contribution in [-0.4, -0.2) is 61.1 Å². The Kier molecular flexibility index (Phi) is 4.87. The second kappa shape index (κ2) is 6.89. The minimum absolute atomic E-state index is 0.0534. The van der Waals surface area contributed by atoms with E-state index in [1.165, 1.54) is 0 Å². The van der Waals surface area contributed by atoms with Crippen molar-refractivity contribution in [3.05, 3.63) is 29.8 Å². The van der Waals surface area contributed by atoms with Gasteiger partial charge in [-0.25, -0.2) is 0 Å². The molecule has 1 fully saturated rings. The zero-order chi connectivity index (χ0) is 16.4. The standard InChI is InChI=1S/C18H27N3O2/c1-13-12-20(3)9-10-21(13)14(2)18(22)19-16-8-11-23-17-7-5-4-6-15(16)17/h4-7,13-14,16H,8-12H2,1-3H3,(H,19,22)/t13-,14+,16+/m1/s1. The van der Waals surface area contributed by atoms with Crippen molar-refractivity contribution in [1.29, 1.82) is 0 Å². The monoisotopic (exact) mass is 317 g/mol. The average Bonchev–Trinajstić information content (AvgIpc) is 2.54. The predicted molar refractivity (Wildman–Crippen MR) is 90.6 cm³/mol. The van der Waals surface area contributed by atoms with Crippen LogP contribution in [0.5, 0.6) is 5.75 Å². The number of likely N-dealkylation sites (N-methyl/N-ethyl adjacent to an activating group) is 1. The molecule has 126 valence electrons. The lowest BCUT2D eigenvalue weighted by molar-refractivity contribution is -0.128. The van der Waals surface area contributed by atoms with Gasteiger partial charge in [0.05, 0.1) is 18.7 Å². The Labute approximate surface area is 138 Å². The highest BCUT2D eigenvalue weighted by molar-refractivity contribution is 5.82. The largest absolute Gasteiger partial charge is 0.493 e. The smallest absolute Gasteiger partial charge is 0.237 e. The Bertz CT molecular complexity index is 563. The summed E-state index contributed by atoms with van der Waals surface area (Å²) in [5.74, 6) is 1.01. The van der Waals surface area contributed by atoms with Crippen LogP contribution >= 0.6 is 0 Å². The summed E-state index contributed by atoms with van der Waals surface area (Å²) in [6.07, 6.45) is 0.827. The van der Waals surface area contributed by atoms with Crippen LogP contribution in [0.4, 0.5) is 0 Å². The lowest BCUT2D eigenvalue weighted by Crippen LogP contribution is -2.57. The number of nitrogens with one attached hydrogen (secondary N) is 1. The third-order valence-electron chi connectivity index (χ3n) is 5.03. The van der Waals surface area contributed by atoms with Gasteiger partial charge in [-0.15, -0.1) is 0 Å². The van der Waals surface area contributed by atoms with Crippen LogP contribution < -0.4 is 10.1 Å². The Morgan fingerprint density at radius 2 is 2.13 bits per heavy atom. The molecule has 1 aromatic carbocycles. The minimum Gasteiger partial charge on any atom is -0.493 e. The van der Waals surface area contributed by atoms with E-state index >= 15 is 0 Å². The van der Waals surface area contributed by atoms with Gasteiger partial charge in [0.1, 0.15) is 5.75 Å². The Morgan fingerprint density at radius 1 is 1.35 bits per heavy atom. The zero-order valence-electron chi connectivity index (χ0n) is 14.3. The maximum absolute atomic E-state index is 12.7. The molecule has 0 bridgehead atoms. The van der Waals surface area contributed by atoms with E-state index < -0.39 is 0 Å². The van der Waals surface area contributed by atoms with Crippen molar-refractivity contribution in [1.82, 2.24) is 15.1 Å². The maximum atomic E-state index is 12.7. The fraction of sp³-hybridized carbons (Fsp3) is 0.611. The van der Waals surface area contributed by atoms with E-state index in [-0.39, 0.29) is 18.0 Å². The molecule has 5 heteroatoms. The maximum Gasteiger partial charge on any atom is 0.237 e. The number of rotatable bonds is 3. The van der Waals surface area contributed by atoms with Crippen LogP contribution in [0, 0.1) is 0 Å². The first-order chi connectivity index (χ1) is 11.1. The summed E-state index contributed by atoms with van der Waals surface area (Å²) in [5, 5.41) is 3.23. The number of fused-ring (bicyclic) bond motifs is 1. The van der Waals surface area contributed by atoms with Crippen LogP contribution in [0.2, 0.25) is 0 Å². The van der Waals surface area contributed by atoms with Crippen molar-refractivity contribution in [2.75, 3.05) is 33.3 Å². The first-order valence-electron chi connectivity index (χ1n) is 8.52. The first-order valence-corrected chi connectivity index (χ1v) is 8.52. The molecule has 1 amide bonds. The average molecular weight is 317 g/mol. The van der Waals surface area contributed by atoms with Gasteiger partial charge in [0.15, 0.2) is 0 Å². The number of hydrogen-bond donors (Lipinski definition) is 1. The number of carbonyl (C=O) groups is 1. The van der Waals surface area contributed by atoms with E-state index in [4.69, 9.17) is 4.74 Å². The molecule has 2 heterocycles. The van der Waals surface area contributed by atoms with Crippen LogP contribution in [-0.2, 0) is 4.79 Å². The van der Waals surface area contributed by atoms with Gasteiger partial charge in [0.25, 0.3) is 0 Å². The number of nitrogens with zero attached hydrogens (tertiary/aromatic N) is 2. The van der Waals surface area contributed by atoms with Crippen molar-refractivity contribution in [3.8, 4) is 5.75 Å². The molecule has 0 spiro atoms. The van der Waals surface area contributed by atoms with Gasteiger partial charge in [-0.3, -0.25) is 9.69 Å². The summed E-state index contributed by atoms with van der Waals surface area (Å²) in [7, 11) is 2.14. The molecule has 1 saturated heterocycles. The normalized spacial score (nSPS) is 26.9. The van der Waals surface area contributed by atoms with Crippen molar-refractivity contribution in [2.45, 2.75) is 38.4 Å². The van der Waals surface area contributed by atoms with Gasteiger partial charge < -0.3 is 15.0 Å². The van der Waals surface area contributed by atoms with Crippen LogP contribution in [0.25, 0.3) is 0 Å². The van der Waals surface area contributed by atoms with Gasteiger partial charge >= 0.3 is 0 Å². The lowest BCUT2D eigenvalue weighted by Gasteiger charge is -2.41. The van der Waals surface area contributed by atoms with Gasteiger partial charge in [0, 0.05) is 37.7 Å². The molecule has 1 N–H and O–H groups in total. The predicted octanol–water partition coefficient (Wildman–Crippen LogP) is 1.65. The Morgan fingerprint density at radius 3 is 2.91 bits per heavy atom. The van der Waals surface area contributed by atoms with Gasteiger partial charge in [-0.1, -0.05) is 18.2 Å². The lowest BCUT2D eigenvalue weighted by atomic mass is 10.00. The summed E-state index contributed by atoms with van der Waals surface area (Å²) < 4.78 is 5.67. The number of para-hydroxylation sites is 1. The third-order valence-corrected chi connectivity index (χ3v) is 5.03. The quantitative estimate of drug-likeness (QED) is 0.921. The number of amides is 1. The highest BCUT2D eigenvalue weighted by atomic mass is 16.5. The number of benzene rings is 1. The second-order valence-corrected chi connectivity index (χ2v) is 6.76. The summed E-state index contributed by atoms with van der Waals surface area (Å²) in [6, 6.07) is 8.33. The van der Waals surface area contributed by atoms with E-state index in [1.807, 2.05) is 31.2 Å². The molecule has 0 unspecified atom stereocenters. The molecule has 0 saturated carbocycles. The van der Waals surface area contributed by atoms with Crippen molar-refractivity contribution in [2.24, 2.45) is 0 Å². The van der Waals surface area contributed by atoms with Crippen LogP contribution in [0.3, 0.4) is 0 Å². The summed E-state index contributed by atoms with van der Waals surface area (Å²) in [6.45, 7) is 7.84. The van der Waals surface area contributed by atoms with E-state index in [0.29, 0.717) is 12.6 Å². The van der Waals surface area contributed by atoms with E-state index in [1.54, 1.807) is 0 Å². The second-order valence-electron chi connectivity index (χ2n) is 6.76. The molecule has 2 aliphatic rings. The third kappa shape index (κ3) is 3.51. The minimum atomic E-state index is -0.103. The molecular weight excluding hydrogens is 290 g/mol. The highest BCUT2D eigenvalue weighted by Crippen LogP contribution is 2.31. The van der Waals surface area contributed by atoms with Gasteiger partial charge in [-0.2, -0.15) is 0 Å². The molecule has 0 aliphatic carbocycles. The molecule has 0 aromatic heterocycles. The highest BCUT2D eigenvalue weighted by Gasteiger charge is 2.31. The van der Waals surface area contributed by atoms with E-state index in [0.717, 1.165) is 37.4 Å². The number of carbonyl (C=O) groups excluding carboxylic acids is 1. The molecule has 3 rings (SSSR count). The summed E-state index contributed by atoms with van der Waals surface area (Å²) in [5.41, 5.74) is 1.09. The van der Waals surface area contributed by atoms with E-state index in [9.17, 15) is 4.79 Å². The van der Waals surface area contributed by atoms with Crippen molar-refractivity contribution in [3.63, 3.8) is 0 Å². The van der Waals surface area contributed by atoms with E-state index in [2.05, 4.69) is 29.1 Å². The van der Waals surface area contributed by atoms with Crippen LogP contribution in [0.1, 0.15) is 31.9 Å². The molecule has 0 radical (unpaired) electrons. The topological polar surface area (TPSA) is 44.8 Å². The SMILES string of the molecule is C[C@@H]1CN(C)CCN1[C@@H](C)C(=O)N[C@H]1CCOc2ccccc21. The molecule has 5 nitrogen and oxygen atoms in total. The number of piperazine rings is 1. The molecule has 2 aliphatic heterocycles. The van der Waals surface area contributed by atoms with Gasteiger partial charge in [0.2, 0.25) is 5.91 Å². The number of ether oxygens (including phenoxy) is 1. The Balaban J connectivity index is 1.65. The van der Waals surface area contributed by atoms with Crippen molar-refractivity contribution >= 4 is 5.91 Å². The molecular formula is C18H27N3O2. The molecule has 1 aromatic rings. The molecule has 23 heavy (non-hydrogen) atoms. The van der Waals surface area contributed by atoms with Crippen molar-refractivity contribution < 1.29 is 9.53 Å². The Hall–Kier alpha value is -1.59. The van der Waals surface area contributed by atoms with Gasteiger partial charge in [-0.05, 0) is 27.0 Å². The first kappa shape index (κ1) is 16.3. The summed E-state index contributed by atoms with van der Waals surface area (Å²) >= 11 is 0. The summed E-state index contributed by atoms with van der Waals surface area (Å²) in [4.78, 5) is 17.4. The number of hydrogen-bond acceptors (Lipinski definition) is 4. The van der Waals surface area contributed by atoms with Crippen LogP contribution in [0.15, 0.2) is 24.3 Å². The fourth-order valence-corrected chi connectivity index (χ4v) is 3.66. The zero-order valence-corrected chi connectivity index (χ0v) is 14.3. The fourth-order valence-electron chi connectivity index (χ4n) is 3.66.